The Kier molecular flexibility index (Phi) is 14.0. The summed E-state index contributed by atoms with van der Waals surface area (Å²) >= 11 is 0. The molecule has 10 N–H and O–H groups in total. The van der Waals surface area contributed by atoms with E-state index in [2.05, 4.69) is 54.5 Å². The van der Waals surface area contributed by atoms with Crippen molar-refractivity contribution >= 4 is 0 Å². The molecule has 3 heterocycles. The number of aliphatic hydroxyl groups excluding tert-OH is 10. The van der Waals surface area contributed by atoms with E-state index in [-0.39, 0.29) is 52.1 Å². The second-order valence-electron chi connectivity index (χ2n) is 23.9. The Morgan fingerprint density at radius 2 is 1.23 bits per heavy atom. The lowest BCUT2D eigenvalue weighted by atomic mass is 9.33. The van der Waals surface area contributed by atoms with Crippen molar-refractivity contribution in [1.29, 1.82) is 0 Å². The first kappa shape index (κ1) is 51.4. The van der Waals surface area contributed by atoms with Crippen LogP contribution < -0.4 is 0 Å². The van der Waals surface area contributed by atoms with Crippen LogP contribution in [0.4, 0.5) is 0 Å². The summed E-state index contributed by atoms with van der Waals surface area (Å²) in [4.78, 5) is 0. The molecule has 380 valence electrons. The molecule has 0 spiro atoms. The molecule has 17 nitrogen and oxygen atoms in total. The minimum atomic E-state index is -1.81. The summed E-state index contributed by atoms with van der Waals surface area (Å²) in [6, 6.07) is 0. The van der Waals surface area contributed by atoms with E-state index in [0.717, 1.165) is 38.5 Å². The van der Waals surface area contributed by atoms with Gasteiger partial charge in [-0.25, -0.2) is 0 Å². The standard InChI is InChI=1S/C49H82O17/c1-22-31(53)34(56)37(59)41(61-22)65-39-36(58)33(55)27(20-50)63-43(39)66-38-35(57)32(54)23(2)62-42(38)64-30-12-13-46(7)28(45(30,5)6)11-14-47(8)40(46)26(60-10)17-24-25-18-44(3,4)15-16-49(25,21-51)29(52)19-48(24,47)9/h17,22-23,25-43,50-59H,11-16,18-21H2,1-10H3/t22-,23+,25-,26-,27+,28-,29+,30-,31+,32-,33+,34-,35-,36-,37+,38+,39+,40+,41-,42-,43-,46-,47+,48+,49+/m0/s1. The van der Waals surface area contributed by atoms with E-state index >= 15 is 0 Å². The highest BCUT2D eigenvalue weighted by molar-refractivity contribution is 5.37. The number of methoxy groups -OCH3 is 1. The first-order chi connectivity index (χ1) is 30.8. The van der Waals surface area contributed by atoms with Gasteiger partial charge in [0.1, 0.15) is 61.0 Å². The Bertz CT molecular complexity index is 1760. The summed E-state index contributed by atoms with van der Waals surface area (Å²) in [6.07, 6.45) is -15.1. The van der Waals surface area contributed by atoms with Gasteiger partial charge in [0.15, 0.2) is 18.9 Å². The molecule has 8 rings (SSSR count). The fourth-order valence-electron chi connectivity index (χ4n) is 15.4. The molecule has 25 atom stereocenters. The SMILES string of the molecule is CO[C@H]1C=C2[C@@H]3CC(C)(C)CC[C@]3(CO)[C@H](O)C[C@@]2(C)[C@]2(C)CC[C@H]3C(C)(C)[C@@H](O[C@@H]4O[C@H](C)[C@H](O)[C@H](O)[C@H]4O[C@@H]4O[C@H](CO)[C@@H](O)[C@H](O)[C@H]4O[C@@H]4O[C@@H](C)[C@@H](O)[C@H](O)[C@H]4O)CC[C@]3(C)[C@@H]12. The lowest BCUT2D eigenvalue weighted by Crippen LogP contribution is -2.70. The highest BCUT2D eigenvalue weighted by Gasteiger charge is 2.72. The molecule has 5 aliphatic carbocycles. The summed E-state index contributed by atoms with van der Waals surface area (Å²) in [6.45, 7) is 18.5. The van der Waals surface area contributed by atoms with Crippen molar-refractivity contribution in [2.24, 2.45) is 50.2 Å². The molecular weight excluding hydrogens is 861 g/mol. The van der Waals surface area contributed by atoms with E-state index in [4.69, 9.17) is 33.2 Å². The molecule has 7 fully saturated rings. The van der Waals surface area contributed by atoms with Crippen molar-refractivity contribution in [3.8, 4) is 0 Å². The molecule has 17 heteroatoms. The Hall–Kier alpha value is -0.940. The Morgan fingerprint density at radius 1 is 0.636 bits per heavy atom. The van der Waals surface area contributed by atoms with Crippen LogP contribution in [0.1, 0.15) is 114 Å². The molecule has 0 radical (unpaired) electrons. The monoisotopic (exact) mass is 943 g/mol. The Labute approximate surface area is 389 Å². The highest BCUT2D eigenvalue weighted by atomic mass is 16.8. The smallest absolute Gasteiger partial charge is 0.187 e. The van der Waals surface area contributed by atoms with Crippen LogP contribution in [0.2, 0.25) is 0 Å². The van der Waals surface area contributed by atoms with Crippen LogP contribution in [-0.2, 0) is 33.2 Å². The molecule has 0 aromatic rings. The van der Waals surface area contributed by atoms with Gasteiger partial charge in [-0.2, -0.15) is 0 Å². The van der Waals surface area contributed by atoms with E-state index in [0.29, 0.717) is 12.8 Å². The maximum absolute atomic E-state index is 12.2. The van der Waals surface area contributed by atoms with Crippen LogP contribution in [0.15, 0.2) is 11.6 Å². The first-order valence-electron chi connectivity index (χ1n) is 24.6. The molecule has 0 unspecified atom stereocenters. The van der Waals surface area contributed by atoms with Gasteiger partial charge in [-0.3, -0.25) is 0 Å². The van der Waals surface area contributed by atoms with Crippen LogP contribution in [0.3, 0.4) is 0 Å². The van der Waals surface area contributed by atoms with E-state index in [9.17, 15) is 51.1 Å². The predicted octanol–water partition coefficient (Wildman–Crippen LogP) is 1.26. The molecule has 3 saturated heterocycles. The van der Waals surface area contributed by atoms with Crippen LogP contribution in [0, 0.1) is 50.2 Å². The number of hydrogen-bond acceptors (Lipinski definition) is 17. The normalized spacial score (nSPS) is 55.7. The number of hydrogen-bond donors (Lipinski definition) is 10. The molecule has 0 aromatic heterocycles. The maximum Gasteiger partial charge on any atom is 0.187 e. The third-order valence-corrected chi connectivity index (χ3v) is 19.6. The van der Waals surface area contributed by atoms with Gasteiger partial charge in [0, 0.05) is 18.4 Å². The van der Waals surface area contributed by atoms with E-state index in [1.54, 1.807) is 14.0 Å². The number of ether oxygens (including phenoxy) is 7. The molecular formula is C49H82O17. The number of fused-ring (bicyclic) bond motifs is 7. The van der Waals surface area contributed by atoms with Crippen LogP contribution in [-0.4, -0.2) is 182 Å². The minimum Gasteiger partial charge on any atom is -0.396 e. The maximum atomic E-state index is 12.2. The van der Waals surface area contributed by atoms with Gasteiger partial charge in [0.25, 0.3) is 0 Å². The zero-order valence-electron chi connectivity index (χ0n) is 40.6. The summed E-state index contributed by atoms with van der Waals surface area (Å²) < 4.78 is 43.7. The summed E-state index contributed by atoms with van der Waals surface area (Å²) in [5.41, 5.74) is -0.515. The van der Waals surface area contributed by atoms with Crippen LogP contribution in [0.5, 0.6) is 0 Å². The second-order valence-corrected chi connectivity index (χ2v) is 23.9. The van der Waals surface area contributed by atoms with Crippen molar-refractivity contribution in [1.82, 2.24) is 0 Å². The quantitative estimate of drug-likeness (QED) is 0.115. The fraction of sp³-hybridized carbons (Fsp3) is 0.959. The lowest BCUT2D eigenvalue weighted by molar-refractivity contribution is -0.396. The van der Waals surface area contributed by atoms with E-state index in [1.807, 2.05) is 0 Å². The summed E-state index contributed by atoms with van der Waals surface area (Å²) in [7, 11) is 1.80. The van der Waals surface area contributed by atoms with Crippen LogP contribution in [0.25, 0.3) is 0 Å². The number of aliphatic hydroxyl groups is 10. The van der Waals surface area contributed by atoms with E-state index in [1.165, 1.54) is 12.5 Å². The average molecular weight is 943 g/mol. The summed E-state index contributed by atoms with van der Waals surface area (Å²) in [5.74, 6) is 0.227. The largest absolute Gasteiger partial charge is 0.396 e. The molecule has 3 aliphatic heterocycles. The molecule has 8 aliphatic rings. The van der Waals surface area contributed by atoms with Crippen molar-refractivity contribution in [3.05, 3.63) is 11.6 Å². The molecule has 66 heavy (non-hydrogen) atoms. The van der Waals surface area contributed by atoms with Gasteiger partial charge in [-0.1, -0.05) is 60.1 Å². The fourth-order valence-corrected chi connectivity index (χ4v) is 15.4. The number of allylic oxidation sites excluding steroid dienone is 1. The van der Waals surface area contributed by atoms with Crippen molar-refractivity contribution in [3.63, 3.8) is 0 Å². The van der Waals surface area contributed by atoms with Gasteiger partial charge < -0.3 is 84.2 Å². The molecule has 4 saturated carbocycles. The van der Waals surface area contributed by atoms with Gasteiger partial charge >= 0.3 is 0 Å². The zero-order valence-corrected chi connectivity index (χ0v) is 40.6. The molecule has 0 aromatic carbocycles. The molecule has 0 bridgehead atoms. The van der Waals surface area contributed by atoms with Crippen molar-refractivity contribution in [2.75, 3.05) is 20.3 Å². The van der Waals surface area contributed by atoms with Crippen molar-refractivity contribution < 1.29 is 84.2 Å². The Morgan fingerprint density at radius 3 is 1.85 bits per heavy atom. The zero-order chi connectivity index (χ0) is 48.4. The lowest BCUT2D eigenvalue weighted by Gasteiger charge is -2.73. The van der Waals surface area contributed by atoms with Crippen LogP contribution >= 0.6 is 0 Å². The van der Waals surface area contributed by atoms with Gasteiger partial charge in [0.2, 0.25) is 0 Å². The van der Waals surface area contributed by atoms with Crippen molar-refractivity contribution in [2.45, 2.75) is 224 Å². The topological polar surface area (TPSA) is 267 Å². The number of rotatable bonds is 9. The third-order valence-electron chi connectivity index (χ3n) is 19.6. The Balaban J connectivity index is 1.07. The predicted molar refractivity (Wildman–Crippen MR) is 235 cm³/mol. The second kappa shape index (κ2) is 18.0. The minimum absolute atomic E-state index is 0.0324. The highest BCUT2D eigenvalue weighted by Crippen LogP contribution is 2.76. The summed E-state index contributed by atoms with van der Waals surface area (Å²) in [5, 5.41) is 110. The molecule has 0 amide bonds. The third kappa shape index (κ3) is 7.84. The van der Waals surface area contributed by atoms with Gasteiger partial charge in [-0.05, 0) is 104 Å². The van der Waals surface area contributed by atoms with Gasteiger partial charge in [-0.15, -0.1) is 0 Å². The van der Waals surface area contributed by atoms with Gasteiger partial charge in [0.05, 0.1) is 43.7 Å². The van der Waals surface area contributed by atoms with E-state index < -0.39 is 122 Å². The first-order valence-corrected chi connectivity index (χ1v) is 24.6. The average Bonchev–Trinajstić information content (AvgIpc) is 3.25.